The van der Waals surface area contributed by atoms with Gasteiger partial charge >= 0.3 is 18.6 Å². The van der Waals surface area contributed by atoms with Gasteiger partial charge in [0.15, 0.2) is 5.75 Å². The summed E-state index contributed by atoms with van der Waals surface area (Å²) in [6.07, 6.45) is -9.30. The highest BCUT2D eigenvalue weighted by molar-refractivity contribution is 5.69. The number of halogens is 6. The summed E-state index contributed by atoms with van der Waals surface area (Å²) < 4.78 is 78.7. The number of alkyl halides is 6. The topological polar surface area (TPSA) is 97.2 Å². The second kappa shape index (κ2) is 7.01. The number of carbonyl (C=O) groups is 1. The van der Waals surface area contributed by atoms with Gasteiger partial charge in [0.25, 0.3) is 0 Å². The molecule has 0 saturated heterocycles. The van der Waals surface area contributed by atoms with Crippen LogP contribution in [0, 0.1) is 0 Å². The van der Waals surface area contributed by atoms with E-state index in [1.54, 1.807) is 0 Å². The molecule has 0 aliphatic rings. The first-order valence-electron chi connectivity index (χ1n) is 6.57. The molecule has 2 aromatic rings. The van der Waals surface area contributed by atoms with Gasteiger partial charge in [-0.15, -0.1) is 13.2 Å². The van der Waals surface area contributed by atoms with Crippen molar-refractivity contribution in [1.29, 1.82) is 0 Å². The Kier molecular flexibility index (Phi) is 5.18. The molecule has 2 aromatic heterocycles. The molecule has 0 fully saturated rings. The Hall–Kier alpha value is -3.12. The maximum atomic E-state index is 12.5. The average Bonchev–Trinajstić information content (AvgIpc) is 2.51. The molecule has 0 bridgehead atoms. The van der Waals surface area contributed by atoms with E-state index in [0.29, 0.717) is 18.6 Å². The summed E-state index contributed by atoms with van der Waals surface area (Å²) in [6.45, 7) is -0.351. The van der Waals surface area contributed by atoms with Gasteiger partial charge in [0.05, 0.1) is 18.4 Å². The SMILES string of the molecule is O=C(O)NCc1cc(-c2cnc(C(F)(F)F)nc2)c(OC(F)(F)F)cn1. The molecular weight excluding hydrogens is 374 g/mol. The van der Waals surface area contributed by atoms with Crippen molar-refractivity contribution in [1.82, 2.24) is 20.3 Å². The van der Waals surface area contributed by atoms with E-state index < -0.39 is 30.2 Å². The summed E-state index contributed by atoms with van der Waals surface area (Å²) in [7, 11) is 0. The Morgan fingerprint density at radius 1 is 1.08 bits per heavy atom. The van der Waals surface area contributed by atoms with Crippen molar-refractivity contribution in [2.75, 3.05) is 0 Å². The van der Waals surface area contributed by atoms with Crippen molar-refractivity contribution in [2.24, 2.45) is 0 Å². The van der Waals surface area contributed by atoms with Crippen LogP contribution in [0.2, 0.25) is 0 Å². The minimum atomic E-state index is -5.08. The highest BCUT2D eigenvalue weighted by Crippen LogP contribution is 2.34. The summed E-state index contributed by atoms with van der Waals surface area (Å²) in [6, 6.07) is 1.02. The molecule has 2 rings (SSSR count). The van der Waals surface area contributed by atoms with E-state index in [-0.39, 0.29) is 23.4 Å². The molecule has 26 heavy (non-hydrogen) atoms. The Balaban J connectivity index is 2.44. The first kappa shape index (κ1) is 19.2. The fraction of sp³-hybridized carbons (Fsp3) is 0.231. The molecule has 1 amide bonds. The van der Waals surface area contributed by atoms with Gasteiger partial charge < -0.3 is 15.2 Å². The quantitative estimate of drug-likeness (QED) is 0.789. The molecule has 140 valence electrons. The molecule has 0 radical (unpaired) electrons. The average molecular weight is 382 g/mol. The van der Waals surface area contributed by atoms with E-state index in [1.807, 2.05) is 5.32 Å². The minimum Gasteiger partial charge on any atom is -0.465 e. The van der Waals surface area contributed by atoms with Crippen molar-refractivity contribution in [3.8, 4) is 16.9 Å². The third-order valence-corrected chi connectivity index (χ3v) is 2.79. The third-order valence-electron chi connectivity index (χ3n) is 2.79. The van der Waals surface area contributed by atoms with Crippen LogP contribution in [0.3, 0.4) is 0 Å². The summed E-state index contributed by atoms with van der Waals surface area (Å²) in [5, 5.41) is 10.5. The Morgan fingerprint density at radius 3 is 2.19 bits per heavy atom. The molecule has 0 atom stereocenters. The van der Waals surface area contributed by atoms with E-state index in [4.69, 9.17) is 5.11 Å². The van der Waals surface area contributed by atoms with E-state index in [1.165, 1.54) is 0 Å². The zero-order valence-corrected chi connectivity index (χ0v) is 12.4. The lowest BCUT2D eigenvalue weighted by molar-refractivity contribution is -0.274. The van der Waals surface area contributed by atoms with Gasteiger partial charge in [-0.05, 0) is 6.07 Å². The molecule has 13 heteroatoms. The standard InChI is InChI=1S/C13H8F6N4O3/c14-12(15,16)10-21-2-6(3-22-10)8-1-7(4-23-11(24)25)20-5-9(8)26-13(17,18)19/h1-3,5,23H,4H2,(H,24,25). The van der Waals surface area contributed by atoms with Gasteiger partial charge in [-0.2, -0.15) is 13.2 Å². The lowest BCUT2D eigenvalue weighted by Gasteiger charge is -2.14. The number of nitrogens with one attached hydrogen (secondary N) is 1. The third kappa shape index (κ3) is 5.19. The predicted molar refractivity (Wildman–Crippen MR) is 71.8 cm³/mol. The number of hydrogen-bond donors (Lipinski definition) is 2. The van der Waals surface area contributed by atoms with Gasteiger partial charge in [0.1, 0.15) is 0 Å². The summed E-state index contributed by atoms with van der Waals surface area (Å²) in [5.74, 6) is -2.28. The number of pyridine rings is 1. The zero-order chi connectivity index (χ0) is 19.5. The molecule has 2 heterocycles. The number of amides is 1. The number of rotatable bonds is 4. The Bertz CT molecular complexity index is 792. The smallest absolute Gasteiger partial charge is 0.465 e. The molecular formula is C13H8F6N4O3. The minimum absolute atomic E-state index is 0.00294. The van der Waals surface area contributed by atoms with Crippen LogP contribution in [0.1, 0.15) is 11.5 Å². The molecule has 0 saturated carbocycles. The van der Waals surface area contributed by atoms with Crippen molar-refractivity contribution in [2.45, 2.75) is 19.1 Å². The van der Waals surface area contributed by atoms with Gasteiger partial charge in [0.2, 0.25) is 5.82 Å². The molecule has 0 aliphatic heterocycles. The van der Waals surface area contributed by atoms with Gasteiger partial charge in [-0.25, -0.2) is 14.8 Å². The van der Waals surface area contributed by atoms with Crippen molar-refractivity contribution in [3.05, 3.63) is 36.2 Å². The number of nitrogens with zero attached hydrogens (tertiary/aromatic N) is 3. The van der Waals surface area contributed by atoms with Gasteiger partial charge in [-0.1, -0.05) is 0 Å². The van der Waals surface area contributed by atoms with Gasteiger partial charge in [0, 0.05) is 23.5 Å². The lowest BCUT2D eigenvalue weighted by atomic mass is 10.1. The molecule has 0 unspecified atom stereocenters. The number of aromatic nitrogens is 3. The summed E-state index contributed by atoms with van der Waals surface area (Å²) in [5.41, 5.74) is -0.527. The monoisotopic (exact) mass is 382 g/mol. The predicted octanol–water partition coefficient (Wildman–Crippen LogP) is 3.22. The second-order valence-corrected chi connectivity index (χ2v) is 4.67. The summed E-state index contributed by atoms with van der Waals surface area (Å²) >= 11 is 0. The van der Waals surface area contributed by atoms with Crippen LogP contribution < -0.4 is 10.1 Å². The molecule has 0 aliphatic carbocycles. The van der Waals surface area contributed by atoms with Crippen molar-refractivity contribution >= 4 is 6.09 Å². The van der Waals surface area contributed by atoms with Crippen LogP contribution in [0.4, 0.5) is 31.1 Å². The van der Waals surface area contributed by atoms with Crippen LogP contribution in [0.25, 0.3) is 11.1 Å². The van der Waals surface area contributed by atoms with Crippen LogP contribution in [0.5, 0.6) is 5.75 Å². The van der Waals surface area contributed by atoms with Crippen molar-refractivity contribution in [3.63, 3.8) is 0 Å². The second-order valence-electron chi connectivity index (χ2n) is 4.67. The molecule has 2 N–H and O–H groups in total. The van der Waals surface area contributed by atoms with E-state index >= 15 is 0 Å². The lowest BCUT2D eigenvalue weighted by Crippen LogP contribution is -2.21. The highest BCUT2D eigenvalue weighted by atomic mass is 19.4. The fourth-order valence-electron chi connectivity index (χ4n) is 1.79. The van der Waals surface area contributed by atoms with Crippen LogP contribution in [-0.4, -0.2) is 32.5 Å². The normalized spacial score (nSPS) is 11.9. The highest BCUT2D eigenvalue weighted by Gasteiger charge is 2.35. The zero-order valence-electron chi connectivity index (χ0n) is 12.4. The number of ether oxygens (including phenoxy) is 1. The van der Waals surface area contributed by atoms with E-state index in [2.05, 4.69) is 19.7 Å². The van der Waals surface area contributed by atoms with E-state index in [9.17, 15) is 31.1 Å². The number of carboxylic acid groups (broad SMARTS) is 1. The molecule has 7 nitrogen and oxygen atoms in total. The largest absolute Gasteiger partial charge is 0.573 e. The summed E-state index contributed by atoms with van der Waals surface area (Å²) in [4.78, 5) is 20.2. The van der Waals surface area contributed by atoms with Gasteiger partial charge in [-0.3, -0.25) is 4.98 Å². The van der Waals surface area contributed by atoms with Crippen LogP contribution >= 0.6 is 0 Å². The first-order valence-corrected chi connectivity index (χ1v) is 6.57. The Morgan fingerprint density at radius 2 is 1.69 bits per heavy atom. The maximum absolute atomic E-state index is 12.5. The van der Waals surface area contributed by atoms with Crippen LogP contribution in [-0.2, 0) is 12.7 Å². The fourth-order valence-corrected chi connectivity index (χ4v) is 1.79. The van der Waals surface area contributed by atoms with E-state index in [0.717, 1.165) is 6.07 Å². The van der Waals surface area contributed by atoms with Crippen molar-refractivity contribution < 1.29 is 41.0 Å². The molecule has 0 spiro atoms. The van der Waals surface area contributed by atoms with Crippen LogP contribution in [0.15, 0.2) is 24.7 Å². The number of hydrogen-bond acceptors (Lipinski definition) is 5. The Labute approximate surface area is 140 Å². The first-order chi connectivity index (χ1) is 12.0. The maximum Gasteiger partial charge on any atom is 0.573 e. The molecule has 0 aromatic carbocycles.